The first-order valence-electron chi connectivity index (χ1n) is 8.25. The summed E-state index contributed by atoms with van der Waals surface area (Å²) < 4.78 is 7.39. The van der Waals surface area contributed by atoms with Crippen LogP contribution in [0.5, 0.6) is 0 Å². The number of carbonyl (C=O) groups excluding carboxylic acids is 1. The van der Waals surface area contributed by atoms with E-state index in [1.165, 1.54) is 0 Å². The Balaban J connectivity index is 1.70. The Kier molecular flexibility index (Phi) is 6.39. The van der Waals surface area contributed by atoms with E-state index in [0.717, 1.165) is 51.3 Å². The molecule has 2 rings (SSSR count). The second-order valence-electron chi connectivity index (χ2n) is 6.11. The number of carbonyl (C=O) groups is 1. The molecular formula is C16H28N4O2. The van der Waals surface area contributed by atoms with E-state index in [1.807, 2.05) is 17.8 Å². The molecule has 6 heteroatoms. The van der Waals surface area contributed by atoms with Gasteiger partial charge >= 0.3 is 0 Å². The average molecular weight is 308 g/mol. The molecule has 0 atom stereocenters. The van der Waals surface area contributed by atoms with E-state index in [1.54, 1.807) is 6.20 Å². The first kappa shape index (κ1) is 17.0. The number of piperidine rings is 1. The van der Waals surface area contributed by atoms with Gasteiger partial charge in [0.05, 0.1) is 24.6 Å². The van der Waals surface area contributed by atoms with Gasteiger partial charge in [0.15, 0.2) is 0 Å². The van der Waals surface area contributed by atoms with Crippen LogP contribution in [-0.4, -0.2) is 52.9 Å². The zero-order valence-electron chi connectivity index (χ0n) is 13.9. The van der Waals surface area contributed by atoms with Crippen LogP contribution in [0, 0.1) is 5.92 Å². The van der Waals surface area contributed by atoms with Crippen molar-refractivity contribution in [3.8, 4) is 0 Å². The van der Waals surface area contributed by atoms with E-state index in [2.05, 4.69) is 29.2 Å². The number of aryl methyl sites for hydroxylation is 1. The Bertz CT molecular complexity index is 464. The van der Waals surface area contributed by atoms with Crippen LogP contribution in [0.25, 0.3) is 0 Å². The number of anilines is 1. The molecule has 1 saturated heterocycles. The van der Waals surface area contributed by atoms with Crippen LogP contribution in [0.1, 0.15) is 33.6 Å². The van der Waals surface area contributed by atoms with E-state index in [4.69, 9.17) is 4.74 Å². The topological polar surface area (TPSA) is 59.4 Å². The van der Waals surface area contributed by atoms with Crippen molar-refractivity contribution in [3.63, 3.8) is 0 Å². The van der Waals surface area contributed by atoms with Gasteiger partial charge in [-0.2, -0.15) is 5.10 Å². The van der Waals surface area contributed by atoms with E-state index >= 15 is 0 Å². The van der Waals surface area contributed by atoms with Crippen LogP contribution in [-0.2, 0) is 16.1 Å². The van der Waals surface area contributed by atoms with Crippen LogP contribution in [0.4, 0.5) is 5.69 Å². The predicted molar refractivity (Wildman–Crippen MR) is 86.8 cm³/mol. The summed E-state index contributed by atoms with van der Waals surface area (Å²) in [5.41, 5.74) is 0.791. The highest BCUT2D eigenvalue weighted by Gasteiger charge is 2.25. The highest BCUT2D eigenvalue weighted by Crippen LogP contribution is 2.19. The van der Waals surface area contributed by atoms with E-state index in [9.17, 15) is 4.79 Å². The molecule has 1 aromatic heterocycles. The van der Waals surface area contributed by atoms with Gasteiger partial charge < -0.3 is 15.0 Å². The number of hydrogen-bond acceptors (Lipinski definition) is 4. The lowest BCUT2D eigenvalue weighted by Crippen LogP contribution is -2.39. The minimum atomic E-state index is 0.104. The fraction of sp³-hybridized carbons (Fsp3) is 0.750. The molecule has 1 aromatic rings. The SMILES string of the molecule is CCn1cc(NC(=O)C2CCN(CCOC(C)C)CC2)cn1. The fourth-order valence-electron chi connectivity index (χ4n) is 2.68. The summed E-state index contributed by atoms with van der Waals surface area (Å²) in [5, 5.41) is 7.15. The first-order chi connectivity index (χ1) is 10.6. The molecular weight excluding hydrogens is 280 g/mol. The molecule has 0 aromatic carbocycles. The van der Waals surface area contributed by atoms with E-state index in [0.29, 0.717) is 0 Å². The molecule has 0 radical (unpaired) electrons. The monoisotopic (exact) mass is 308 g/mol. The third-order valence-electron chi connectivity index (χ3n) is 4.04. The van der Waals surface area contributed by atoms with Crippen molar-refractivity contribution >= 4 is 11.6 Å². The second kappa shape index (κ2) is 8.29. The molecule has 0 saturated carbocycles. The zero-order chi connectivity index (χ0) is 15.9. The van der Waals surface area contributed by atoms with Gasteiger partial charge in [-0.05, 0) is 46.7 Å². The summed E-state index contributed by atoms with van der Waals surface area (Å²) in [4.78, 5) is 14.7. The molecule has 1 aliphatic rings. The molecule has 1 amide bonds. The number of nitrogens with one attached hydrogen (secondary N) is 1. The lowest BCUT2D eigenvalue weighted by molar-refractivity contribution is -0.121. The maximum atomic E-state index is 12.3. The van der Waals surface area contributed by atoms with Gasteiger partial charge in [0.25, 0.3) is 0 Å². The number of hydrogen-bond donors (Lipinski definition) is 1. The van der Waals surface area contributed by atoms with Crippen molar-refractivity contribution in [3.05, 3.63) is 12.4 Å². The largest absolute Gasteiger partial charge is 0.377 e. The number of ether oxygens (including phenoxy) is 1. The summed E-state index contributed by atoms with van der Waals surface area (Å²) in [6, 6.07) is 0. The molecule has 0 spiro atoms. The molecule has 0 unspecified atom stereocenters. The van der Waals surface area contributed by atoms with Gasteiger partial charge in [-0.3, -0.25) is 9.48 Å². The summed E-state index contributed by atoms with van der Waals surface area (Å²) in [7, 11) is 0. The predicted octanol–water partition coefficient (Wildman–Crippen LogP) is 1.98. The zero-order valence-corrected chi connectivity index (χ0v) is 13.9. The standard InChI is InChI=1S/C16H28N4O2/c1-4-20-12-15(11-17-20)18-16(21)14-5-7-19(8-6-14)9-10-22-13(2)3/h11-14H,4-10H2,1-3H3,(H,18,21). The van der Waals surface area contributed by atoms with Gasteiger partial charge in [-0.1, -0.05) is 0 Å². The maximum Gasteiger partial charge on any atom is 0.227 e. The molecule has 6 nitrogen and oxygen atoms in total. The van der Waals surface area contributed by atoms with Crippen molar-refractivity contribution in [1.29, 1.82) is 0 Å². The van der Waals surface area contributed by atoms with Crippen molar-refractivity contribution < 1.29 is 9.53 Å². The Labute approximate surface area is 132 Å². The molecule has 1 fully saturated rings. The lowest BCUT2D eigenvalue weighted by atomic mass is 9.96. The molecule has 1 aliphatic heterocycles. The highest BCUT2D eigenvalue weighted by atomic mass is 16.5. The Morgan fingerprint density at radius 3 is 2.77 bits per heavy atom. The molecule has 0 bridgehead atoms. The number of amides is 1. The number of nitrogens with zero attached hydrogens (tertiary/aromatic N) is 3. The Morgan fingerprint density at radius 1 is 1.45 bits per heavy atom. The van der Waals surface area contributed by atoms with Gasteiger partial charge in [-0.25, -0.2) is 0 Å². The summed E-state index contributed by atoms with van der Waals surface area (Å²) in [6.07, 6.45) is 5.69. The molecule has 2 heterocycles. The molecule has 1 N–H and O–H groups in total. The van der Waals surface area contributed by atoms with Gasteiger partial charge in [-0.15, -0.1) is 0 Å². The van der Waals surface area contributed by atoms with Gasteiger partial charge in [0, 0.05) is 25.2 Å². The van der Waals surface area contributed by atoms with Crippen molar-refractivity contribution in [2.75, 3.05) is 31.6 Å². The summed E-state index contributed by atoms with van der Waals surface area (Å²) in [6.45, 7) is 10.6. The minimum absolute atomic E-state index is 0.104. The van der Waals surface area contributed by atoms with Crippen LogP contribution in [0.3, 0.4) is 0 Å². The number of likely N-dealkylation sites (tertiary alicyclic amines) is 1. The third-order valence-corrected chi connectivity index (χ3v) is 4.04. The molecule has 124 valence electrons. The maximum absolute atomic E-state index is 12.3. The Morgan fingerprint density at radius 2 is 2.18 bits per heavy atom. The first-order valence-corrected chi connectivity index (χ1v) is 8.25. The van der Waals surface area contributed by atoms with Crippen LogP contribution in [0.15, 0.2) is 12.4 Å². The second-order valence-corrected chi connectivity index (χ2v) is 6.11. The number of rotatable bonds is 7. The van der Waals surface area contributed by atoms with Crippen molar-refractivity contribution in [2.24, 2.45) is 5.92 Å². The lowest BCUT2D eigenvalue weighted by Gasteiger charge is -2.31. The molecule has 0 aliphatic carbocycles. The van der Waals surface area contributed by atoms with Crippen LogP contribution < -0.4 is 5.32 Å². The average Bonchev–Trinajstić information content (AvgIpc) is 2.95. The Hall–Kier alpha value is -1.40. The molecule has 22 heavy (non-hydrogen) atoms. The minimum Gasteiger partial charge on any atom is -0.377 e. The van der Waals surface area contributed by atoms with Crippen LogP contribution in [0.2, 0.25) is 0 Å². The van der Waals surface area contributed by atoms with Gasteiger partial charge in [0.2, 0.25) is 5.91 Å². The van der Waals surface area contributed by atoms with Crippen molar-refractivity contribution in [1.82, 2.24) is 14.7 Å². The smallest absolute Gasteiger partial charge is 0.227 e. The van der Waals surface area contributed by atoms with E-state index < -0.39 is 0 Å². The highest BCUT2D eigenvalue weighted by molar-refractivity contribution is 5.92. The van der Waals surface area contributed by atoms with E-state index in [-0.39, 0.29) is 17.9 Å². The summed E-state index contributed by atoms with van der Waals surface area (Å²) in [5.74, 6) is 0.223. The normalized spacial score (nSPS) is 17.1. The quantitative estimate of drug-likeness (QED) is 0.837. The summed E-state index contributed by atoms with van der Waals surface area (Å²) >= 11 is 0. The van der Waals surface area contributed by atoms with Gasteiger partial charge in [0.1, 0.15) is 0 Å². The number of aromatic nitrogens is 2. The third kappa shape index (κ3) is 5.10. The fourth-order valence-corrected chi connectivity index (χ4v) is 2.68. The van der Waals surface area contributed by atoms with Crippen molar-refractivity contribution in [2.45, 2.75) is 46.3 Å². The van der Waals surface area contributed by atoms with Crippen LogP contribution >= 0.6 is 0 Å².